The quantitative estimate of drug-likeness (QED) is 0.838. The fourth-order valence-corrected chi connectivity index (χ4v) is 2.74. The Bertz CT molecular complexity index is 417. The zero-order chi connectivity index (χ0) is 12.3. The Morgan fingerprint density at radius 3 is 2.94 bits per heavy atom. The average Bonchev–Trinajstić information content (AvgIpc) is 2.68. The number of rotatable bonds is 3. The van der Waals surface area contributed by atoms with Gasteiger partial charge < -0.3 is 5.32 Å². The molecule has 17 heavy (non-hydrogen) atoms. The largest absolute Gasteiger partial charge is 0.302 e. The number of nitrogens with zero attached hydrogens (tertiary/aromatic N) is 2. The summed E-state index contributed by atoms with van der Waals surface area (Å²) < 4.78 is 0. The Kier molecular flexibility index (Phi) is 3.91. The van der Waals surface area contributed by atoms with Crippen LogP contribution in [0, 0.1) is 0 Å². The molecule has 0 aliphatic carbocycles. The van der Waals surface area contributed by atoms with Crippen molar-refractivity contribution in [2.75, 3.05) is 18.4 Å². The predicted molar refractivity (Wildman–Crippen MR) is 70.1 cm³/mol. The normalized spacial score (nSPS) is 17.1. The van der Waals surface area contributed by atoms with Crippen molar-refractivity contribution >= 4 is 22.4 Å². The zero-order valence-corrected chi connectivity index (χ0v) is 10.8. The maximum absolute atomic E-state index is 10.9. The van der Waals surface area contributed by atoms with Gasteiger partial charge in [0.2, 0.25) is 5.91 Å². The molecule has 0 bridgehead atoms. The standard InChI is InChI=1S/C12H17N3OS/c1-9-3-5-15(6-4-9)8-11-7-13-12(17-11)14-10(2)16/h7H,1,3-6,8H2,2H3,(H,13,14,16). The van der Waals surface area contributed by atoms with E-state index < -0.39 is 0 Å². The van der Waals surface area contributed by atoms with Crippen LogP contribution in [0.15, 0.2) is 18.3 Å². The number of amides is 1. The van der Waals surface area contributed by atoms with Gasteiger partial charge in [0.1, 0.15) is 0 Å². The number of aromatic nitrogens is 1. The molecule has 5 heteroatoms. The lowest BCUT2D eigenvalue weighted by Gasteiger charge is -2.26. The van der Waals surface area contributed by atoms with Crippen molar-refractivity contribution in [3.63, 3.8) is 0 Å². The molecule has 92 valence electrons. The fourth-order valence-electron chi connectivity index (χ4n) is 1.84. The first kappa shape index (κ1) is 12.3. The van der Waals surface area contributed by atoms with Gasteiger partial charge in [0, 0.05) is 37.6 Å². The van der Waals surface area contributed by atoms with Gasteiger partial charge in [-0.1, -0.05) is 12.2 Å². The number of carbonyl (C=O) groups excluding carboxylic acids is 1. The summed E-state index contributed by atoms with van der Waals surface area (Å²) in [6.07, 6.45) is 4.04. The Balaban J connectivity index is 1.88. The smallest absolute Gasteiger partial charge is 0.223 e. The topological polar surface area (TPSA) is 45.2 Å². The maximum Gasteiger partial charge on any atom is 0.223 e. The molecule has 0 saturated carbocycles. The lowest BCUT2D eigenvalue weighted by atomic mass is 10.1. The van der Waals surface area contributed by atoms with Crippen LogP contribution >= 0.6 is 11.3 Å². The molecule has 0 aromatic carbocycles. The van der Waals surface area contributed by atoms with Gasteiger partial charge in [-0.2, -0.15) is 0 Å². The number of hydrogen-bond donors (Lipinski definition) is 1. The van der Waals surface area contributed by atoms with Gasteiger partial charge in [-0.05, 0) is 12.8 Å². The van der Waals surface area contributed by atoms with Crippen LogP contribution in [-0.4, -0.2) is 28.9 Å². The van der Waals surface area contributed by atoms with E-state index in [1.807, 2.05) is 6.20 Å². The highest BCUT2D eigenvalue weighted by atomic mass is 32.1. The molecule has 0 spiro atoms. The van der Waals surface area contributed by atoms with Crippen molar-refractivity contribution in [3.8, 4) is 0 Å². The van der Waals surface area contributed by atoms with Crippen LogP contribution in [0.4, 0.5) is 5.13 Å². The van der Waals surface area contributed by atoms with Crippen LogP contribution in [0.5, 0.6) is 0 Å². The highest BCUT2D eigenvalue weighted by Gasteiger charge is 2.14. The molecule has 1 amide bonds. The average molecular weight is 251 g/mol. The first-order valence-electron chi connectivity index (χ1n) is 5.75. The summed E-state index contributed by atoms with van der Waals surface area (Å²) >= 11 is 1.55. The van der Waals surface area contributed by atoms with Gasteiger partial charge in [0.25, 0.3) is 0 Å². The number of anilines is 1. The third-order valence-electron chi connectivity index (χ3n) is 2.78. The van der Waals surface area contributed by atoms with Crippen LogP contribution in [0.1, 0.15) is 24.6 Å². The molecule has 2 heterocycles. The van der Waals surface area contributed by atoms with E-state index in [9.17, 15) is 4.79 Å². The number of likely N-dealkylation sites (tertiary alicyclic amines) is 1. The van der Waals surface area contributed by atoms with Crippen LogP contribution in [0.2, 0.25) is 0 Å². The van der Waals surface area contributed by atoms with E-state index in [4.69, 9.17) is 0 Å². The fraction of sp³-hybridized carbons (Fsp3) is 0.500. The van der Waals surface area contributed by atoms with Crippen molar-refractivity contribution < 1.29 is 4.79 Å². The summed E-state index contributed by atoms with van der Waals surface area (Å²) in [6, 6.07) is 0. The number of thiazole rings is 1. The SMILES string of the molecule is C=C1CCN(Cc2cnc(NC(C)=O)s2)CC1. The Morgan fingerprint density at radius 2 is 2.29 bits per heavy atom. The number of hydrogen-bond acceptors (Lipinski definition) is 4. The van der Waals surface area contributed by atoms with Gasteiger partial charge in [0.05, 0.1) is 0 Å². The minimum atomic E-state index is -0.0693. The lowest BCUT2D eigenvalue weighted by Crippen LogP contribution is -2.29. The van der Waals surface area contributed by atoms with E-state index in [-0.39, 0.29) is 5.91 Å². The van der Waals surface area contributed by atoms with Crippen molar-refractivity contribution in [1.82, 2.24) is 9.88 Å². The molecular formula is C12H17N3OS. The molecule has 0 atom stereocenters. The molecule has 1 saturated heterocycles. The molecule has 2 rings (SSSR count). The third kappa shape index (κ3) is 3.64. The van der Waals surface area contributed by atoms with Gasteiger partial charge in [-0.3, -0.25) is 9.69 Å². The van der Waals surface area contributed by atoms with E-state index >= 15 is 0 Å². The van der Waals surface area contributed by atoms with Crippen molar-refractivity contribution in [2.45, 2.75) is 26.3 Å². The first-order valence-corrected chi connectivity index (χ1v) is 6.56. The van der Waals surface area contributed by atoms with Crippen LogP contribution < -0.4 is 5.32 Å². The Morgan fingerprint density at radius 1 is 1.59 bits per heavy atom. The first-order chi connectivity index (χ1) is 8.13. The molecule has 1 N–H and O–H groups in total. The summed E-state index contributed by atoms with van der Waals surface area (Å²) in [5, 5.41) is 3.39. The van der Waals surface area contributed by atoms with Gasteiger partial charge in [0.15, 0.2) is 5.13 Å². The lowest BCUT2D eigenvalue weighted by molar-refractivity contribution is -0.114. The Labute approximate surface area is 105 Å². The van der Waals surface area contributed by atoms with Crippen LogP contribution in [0.25, 0.3) is 0 Å². The second kappa shape index (κ2) is 5.42. The summed E-state index contributed by atoms with van der Waals surface area (Å²) in [5.41, 5.74) is 1.35. The number of nitrogens with one attached hydrogen (secondary N) is 1. The molecule has 0 radical (unpaired) electrons. The molecule has 1 aliphatic rings. The van der Waals surface area contributed by atoms with Gasteiger partial charge in [-0.25, -0.2) is 4.98 Å². The molecule has 1 aliphatic heterocycles. The third-order valence-corrected chi connectivity index (χ3v) is 3.68. The molecule has 1 aromatic rings. The van der Waals surface area contributed by atoms with Gasteiger partial charge >= 0.3 is 0 Å². The summed E-state index contributed by atoms with van der Waals surface area (Å²) in [7, 11) is 0. The number of carbonyl (C=O) groups is 1. The van der Waals surface area contributed by atoms with Crippen molar-refractivity contribution in [2.24, 2.45) is 0 Å². The monoisotopic (exact) mass is 251 g/mol. The molecule has 1 aromatic heterocycles. The van der Waals surface area contributed by atoms with E-state index in [1.165, 1.54) is 17.4 Å². The minimum Gasteiger partial charge on any atom is -0.302 e. The number of piperidine rings is 1. The molecular weight excluding hydrogens is 234 g/mol. The van der Waals surface area contributed by atoms with E-state index in [1.54, 1.807) is 11.3 Å². The Hall–Kier alpha value is -1.20. The van der Waals surface area contributed by atoms with Crippen LogP contribution in [0.3, 0.4) is 0 Å². The van der Waals surface area contributed by atoms with Crippen LogP contribution in [-0.2, 0) is 11.3 Å². The summed E-state index contributed by atoms with van der Waals surface area (Å²) in [5.74, 6) is -0.0693. The molecule has 4 nitrogen and oxygen atoms in total. The molecule has 1 fully saturated rings. The van der Waals surface area contributed by atoms with E-state index in [0.29, 0.717) is 5.13 Å². The highest BCUT2D eigenvalue weighted by Crippen LogP contribution is 2.22. The molecule has 0 unspecified atom stereocenters. The van der Waals surface area contributed by atoms with Gasteiger partial charge in [-0.15, -0.1) is 11.3 Å². The van der Waals surface area contributed by atoms with Crippen molar-refractivity contribution in [3.05, 3.63) is 23.2 Å². The summed E-state index contributed by atoms with van der Waals surface area (Å²) in [4.78, 5) is 18.7. The predicted octanol–water partition coefficient (Wildman–Crippen LogP) is 2.25. The minimum absolute atomic E-state index is 0.0693. The maximum atomic E-state index is 10.9. The zero-order valence-electron chi connectivity index (χ0n) is 10.0. The highest BCUT2D eigenvalue weighted by molar-refractivity contribution is 7.15. The summed E-state index contributed by atoms with van der Waals surface area (Å²) in [6.45, 7) is 8.58. The van der Waals surface area contributed by atoms with E-state index in [2.05, 4.69) is 21.8 Å². The second-order valence-corrected chi connectivity index (χ2v) is 5.45. The van der Waals surface area contributed by atoms with Crippen molar-refractivity contribution in [1.29, 1.82) is 0 Å². The second-order valence-electron chi connectivity index (χ2n) is 4.34. The van der Waals surface area contributed by atoms with E-state index in [0.717, 1.165) is 32.5 Å².